The fourth-order valence-electron chi connectivity index (χ4n) is 0.547. The second-order valence-electron chi connectivity index (χ2n) is 1.67. The number of nitrogens with zero attached hydrogens (tertiary/aromatic N) is 3. The summed E-state index contributed by atoms with van der Waals surface area (Å²) in [5.41, 5.74) is 0.673. The largest absolute Gasteiger partial charge is 0.244 e. The van der Waals surface area contributed by atoms with Crippen molar-refractivity contribution in [2.45, 2.75) is 6.42 Å². The van der Waals surface area contributed by atoms with Gasteiger partial charge in [0.05, 0.1) is 12.5 Å². The van der Waals surface area contributed by atoms with Crippen molar-refractivity contribution in [2.75, 3.05) is 0 Å². The molecule has 1 rings (SSSR count). The lowest BCUT2D eigenvalue weighted by atomic mass is 10.3. The van der Waals surface area contributed by atoms with E-state index in [1.807, 2.05) is 6.07 Å². The molecule has 0 unspecified atom stereocenters. The van der Waals surface area contributed by atoms with E-state index in [2.05, 4.69) is 9.97 Å². The van der Waals surface area contributed by atoms with Crippen LogP contribution in [0.2, 0.25) is 5.15 Å². The van der Waals surface area contributed by atoms with Gasteiger partial charge in [-0.15, -0.1) is 0 Å². The van der Waals surface area contributed by atoms with Crippen LogP contribution in [0.25, 0.3) is 0 Å². The predicted molar refractivity (Wildman–Crippen MR) is 36.4 cm³/mol. The van der Waals surface area contributed by atoms with E-state index in [4.69, 9.17) is 16.9 Å². The Morgan fingerprint density at radius 3 is 3.10 bits per heavy atom. The molecule has 0 fully saturated rings. The van der Waals surface area contributed by atoms with E-state index in [1.54, 1.807) is 6.20 Å². The second kappa shape index (κ2) is 3.14. The Kier molecular flexibility index (Phi) is 2.19. The van der Waals surface area contributed by atoms with Gasteiger partial charge in [0.2, 0.25) is 0 Å². The molecular weight excluding hydrogens is 150 g/mol. The van der Waals surface area contributed by atoms with Gasteiger partial charge >= 0.3 is 0 Å². The molecule has 0 N–H and O–H groups in total. The van der Waals surface area contributed by atoms with E-state index in [9.17, 15) is 0 Å². The molecule has 0 saturated heterocycles. The highest BCUT2D eigenvalue weighted by Gasteiger charge is 1.97. The fourth-order valence-corrected chi connectivity index (χ4v) is 0.707. The average molecular weight is 154 g/mol. The van der Waals surface area contributed by atoms with E-state index >= 15 is 0 Å². The summed E-state index contributed by atoms with van der Waals surface area (Å²) in [5, 5.41) is 8.64. The van der Waals surface area contributed by atoms with Gasteiger partial charge in [-0.1, -0.05) is 11.6 Å². The topological polar surface area (TPSA) is 49.6 Å². The molecule has 10 heavy (non-hydrogen) atoms. The molecule has 1 aromatic heterocycles. The highest BCUT2D eigenvalue weighted by molar-refractivity contribution is 6.30. The van der Waals surface area contributed by atoms with Crippen LogP contribution in [-0.2, 0) is 6.42 Å². The number of hydrogen-bond donors (Lipinski definition) is 0. The summed E-state index contributed by atoms with van der Waals surface area (Å²) < 4.78 is 0. The molecule has 1 heterocycles. The third kappa shape index (κ3) is 1.42. The summed E-state index contributed by atoms with van der Waals surface area (Å²) in [6, 6.07) is 1.96. The first-order valence-corrected chi connectivity index (χ1v) is 3.03. The molecule has 0 aliphatic carbocycles. The van der Waals surface area contributed by atoms with Gasteiger partial charge in [-0.3, -0.25) is 0 Å². The molecule has 0 spiro atoms. The van der Waals surface area contributed by atoms with Crippen LogP contribution in [0.15, 0.2) is 12.5 Å². The number of halogens is 1. The Morgan fingerprint density at radius 2 is 2.50 bits per heavy atom. The smallest absolute Gasteiger partial charge is 0.136 e. The molecule has 0 aliphatic rings. The second-order valence-corrected chi connectivity index (χ2v) is 2.03. The van der Waals surface area contributed by atoms with Crippen LogP contribution in [-0.4, -0.2) is 9.97 Å². The third-order valence-corrected chi connectivity index (χ3v) is 1.34. The van der Waals surface area contributed by atoms with Crippen LogP contribution in [0.1, 0.15) is 5.56 Å². The molecule has 0 atom stereocenters. The maximum Gasteiger partial charge on any atom is 0.136 e. The zero-order valence-corrected chi connectivity index (χ0v) is 5.84. The first-order valence-electron chi connectivity index (χ1n) is 2.66. The quantitative estimate of drug-likeness (QED) is 0.570. The van der Waals surface area contributed by atoms with Crippen molar-refractivity contribution in [3.63, 3.8) is 0 Å². The van der Waals surface area contributed by atoms with Crippen molar-refractivity contribution >= 4 is 11.6 Å². The van der Waals surface area contributed by atoms with Crippen molar-refractivity contribution in [1.29, 1.82) is 5.26 Å². The molecule has 0 bridgehead atoms. The lowest BCUT2D eigenvalue weighted by Crippen LogP contribution is -1.87. The van der Waals surface area contributed by atoms with E-state index in [0.29, 0.717) is 10.7 Å². The summed E-state index contributed by atoms with van der Waals surface area (Å²) >= 11 is 5.60. The Balaban J connectivity index is 2.94. The van der Waals surface area contributed by atoms with Crippen molar-refractivity contribution in [3.05, 3.63) is 23.2 Å². The first kappa shape index (κ1) is 6.97. The van der Waals surface area contributed by atoms with Gasteiger partial charge in [0, 0.05) is 11.8 Å². The van der Waals surface area contributed by atoms with Crippen LogP contribution in [0.4, 0.5) is 0 Å². The van der Waals surface area contributed by atoms with Crippen molar-refractivity contribution in [3.8, 4) is 6.07 Å². The zero-order chi connectivity index (χ0) is 7.40. The summed E-state index contributed by atoms with van der Waals surface area (Å²) in [6.45, 7) is 0. The normalized spacial score (nSPS) is 8.80. The Labute approximate surface area is 63.3 Å². The Morgan fingerprint density at radius 1 is 1.70 bits per heavy atom. The van der Waals surface area contributed by atoms with E-state index < -0.39 is 0 Å². The standard InChI is InChI=1S/C6H4ClN3/c7-6-5(1-2-8)3-9-4-10-6/h3-4H,1H2. The monoisotopic (exact) mass is 153 g/mol. The molecule has 1 aromatic rings. The van der Waals surface area contributed by atoms with Crippen molar-refractivity contribution < 1.29 is 0 Å². The van der Waals surface area contributed by atoms with Gasteiger partial charge in [-0.05, 0) is 0 Å². The molecule has 4 heteroatoms. The zero-order valence-electron chi connectivity index (χ0n) is 5.08. The summed E-state index contributed by atoms with van der Waals surface area (Å²) in [5.74, 6) is 0. The number of aromatic nitrogens is 2. The van der Waals surface area contributed by atoms with Crippen molar-refractivity contribution in [1.82, 2.24) is 9.97 Å². The van der Waals surface area contributed by atoms with Gasteiger partial charge in [0.25, 0.3) is 0 Å². The van der Waals surface area contributed by atoms with Crippen molar-refractivity contribution in [2.24, 2.45) is 0 Å². The van der Waals surface area contributed by atoms with Crippen LogP contribution in [0, 0.1) is 11.3 Å². The SMILES string of the molecule is N#CCc1cncnc1Cl. The molecule has 0 saturated carbocycles. The maximum absolute atomic E-state index is 8.28. The van der Waals surface area contributed by atoms with Gasteiger partial charge in [-0.25, -0.2) is 9.97 Å². The number of rotatable bonds is 1. The molecule has 0 aliphatic heterocycles. The first-order chi connectivity index (χ1) is 4.84. The molecule has 3 nitrogen and oxygen atoms in total. The summed E-state index contributed by atoms with van der Waals surface area (Å²) in [4.78, 5) is 7.42. The Hall–Kier alpha value is -1.14. The molecule has 0 amide bonds. The van der Waals surface area contributed by atoms with Crippen LogP contribution in [0.3, 0.4) is 0 Å². The fraction of sp³-hybridized carbons (Fsp3) is 0.167. The molecule has 0 aromatic carbocycles. The number of nitriles is 1. The summed E-state index contributed by atoms with van der Waals surface area (Å²) in [7, 11) is 0. The molecule has 0 radical (unpaired) electrons. The Bertz CT molecular complexity index is 266. The number of hydrogen-bond acceptors (Lipinski definition) is 3. The highest BCUT2D eigenvalue weighted by atomic mass is 35.5. The van der Waals surface area contributed by atoms with E-state index in [1.165, 1.54) is 6.33 Å². The van der Waals surface area contributed by atoms with E-state index in [0.717, 1.165) is 0 Å². The van der Waals surface area contributed by atoms with Gasteiger partial charge in [0.1, 0.15) is 11.5 Å². The third-order valence-electron chi connectivity index (χ3n) is 1.00. The lowest BCUT2D eigenvalue weighted by Gasteiger charge is -1.92. The van der Waals surface area contributed by atoms with Gasteiger partial charge in [0.15, 0.2) is 0 Å². The minimum Gasteiger partial charge on any atom is -0.244 e. The molecular formula is C6H4ClN3. The van der Waals surface area contributed by atoms with E-state index in [-0.39, 0.29) is 6.42 Å². The van der Waals surface area contributed by atoms with Gasteiger partial charge < -0.3 is 0 Å². The van der Waals surface area contributed by atoms with Crippen LogP contribution < -0.4 is 0 Å². The van der Waals surface area contributed by atoms with Gasteiger partial charge in [-0.2, -0.15) is 5.26 Å². The minimum atomic E-state index is 0.264. The molecule has 50 valence electrons. The van der Waals surface area contributed by atoms with Crippen LogP contribution in [0.5, 0.6) is 0 Å². The highest BCUT2D eigenvalue weighted by Crippen LogP contribution is 2.09. The maximum atomic E-state index is 8.28. The average Bonchev–Trinajstić information content (AvgIpc) is 1.94. The minimum absolute atomic E-state index is 0.264. The lowest BCUT2D eigenvalue weighted by molar-refractivity contribution is 1.09. The summed E-state index contributed by atoms with van der Waals surface area (Å²) in [6.07, 6.45) is 3.15. The van der Waals surface area contributed by atoms with Crippen LogP contribution >= 0.6 is 11.6 Å². The predicted octanol–water partition coefficient (Wildman–Crippen LogP) is 1.20.